The highest BCUT2D eigenvalue weighted by Gasteiger charge is 2.13. The van der Waals surface area contributed by atoms with Crippen LogP contribution in [0, 0.1) is 0 Å². The minimum absolute atomic E-state index is 0.0263. The van der Waals surface area contributed by atoms with Gasteiger partial charge in [-0.1, -0.05) is 94.0 Å². The number of amides is 1. The number of benzene rings is 1. The molecular formula is C29H45NO3. The number of carbonyl (C=O) groups is 2. The highest BCUT2D eigenvalue weighted by Crippen LogP contribution is 2.14. The number of ether oxygens (including phenoxy) is 1. The Morgan fingerprint density at radius 1 is 0.970 bits per heavy atom. The van der Waals surface area contributed by atoms with Crippen molar-refractivity contribution in [1.82, 2.24) is 5.32 Å². The van der Waals surface area contributed by atoms with E-state index < -0.39 is 0 Å². The fourth-order valence-corrected chi connectivity index (χ4v) is 3.73. The molecule has 1 aromatic rings. The second kappa shape index (κ2) is 20.3. The van der Waals surface area contributed by atoms with Gasteiger partial charge in [0, 0.05) is 19.4 Å². The Morgan fingerprint density at radius 2 is 1.70 bits per heavy atom. The van der Waals surface area contributed by atoms with Crippen molar-refractivity contribution in [1.29, 1.82) is 0 Å². The lowest BCUT2D eigenvalue weighted by Crippen LogP contribution is -2.22. The topological polar surface area (TPSA) is 55.4 Å². The summed E-state index contributed by atoms with van der Waals surface area (Å²) < 4.78 is 5.82. The van der Waals surface area contributed by atoms with Crippen molar-refractivity contribution < 1.29 is 14.3 Å². The van der Waals surface area contributed by atoms with E-state index in [1.54, 1.807) is 6.08 Å². The quantitative estimate of drug-likeness (QED) is 0.130. The molecule has 0 aliphatic carbocycles. The lowest BCUT2D eigenvalue weighted by atomic mass is 10.1. The molecule has 0 aliphatic rings. The number of carbonyl (C=O) groups excluding carboxylic acids is 2. The van der Waals surface area contributed by atoms with Crippen LogP contribution in [0.2, 0.25) is 0 Å². The van der Waals surface area contributed by atoms with Gasteiger partial charge in [0.2, 0.25) is 5.91 Å². The first-order valence-corrected chi connectivity index (χ1v) is 12.9. The Kier molecular flexibility index (Phi) is 17.6. The fraction of sp³-hybridized carbons (Fsp3) is 0.586. The van der Waals surface area contributed by atoms with Gasteiger partial charge in [0.25, 0.3) is 0 Å². The van der Waals surface area contributed by atoms with Crippen molar-refractivity contribution in [2.75, 3.05) is 6.54 Å². The predicted molar refractivity (Wildman–Crippen MR) is 138 cm³/mol. The van der Waals surface area contributed by atoms with Crippen LogP contribution in [0.25, 0.3) is 0 Å². The zero-order valence-electron chi connectivity index (χ0n) is 20.7. The fourth-order valence-electron chi connectivity index (χ4n) is 3.73. The summed E-state index contributed by atoms with van der Waals surface area (Å²) in [5, 5.41) is 2.81. The Bertz CT molecular complexity index is 669. The van der Waals surface area contributed by atoms with Crippen LogP contribution < -0.4 is 5.32 Å². The lowest BCUT2D eigenvalue weighted by Gasteiger charge is -2.16. The van der Waals surface area contributed by atoms with Gasteiger partial charge in [-0.25, -0.2) is 0 Å². The largest absolute Gasteiger partial charge is 0.462 e. The van der Waals surface area contributed by atoms with Crippen LogP contribution in [0.1, 0.15) is 96.0 Å². The third-order valence-electron chi connectivity index (χ3n) is 5.65. The lowest BCUT2D eigenvalue weighted by molar-refractivity contribution is -0.148. The van der Waals surface area contributed by atoms with Crippen LogP contribution in [0.5, 0.6) is 0 Å². The number of esters is 1. The molecule has 33 heavy (non-hydrogen) atoms. The summed E-state index contributed by atoms with van der Waals surface area (Å²) in [6, 6.07) is 9.80. The molecule has 0 unspecified atom stereocenters. The Balaban J connectivity index is 2.22. The van der Waals surface area contributed by atoms with Crippen molar-refractivity contribution in [3.8, 4) is 0 Å². The van der Waals surface area contributed by atoms with Gasteiger partial charge >= 0.3 is 5.97 Å². The van der Waals surface area contributed by atoms with E-state index in [9.17, 15) is 9.59 Å². The molecule has 184 valence electrons. The van der Waals surface area contributed by atoms with E-state index in [2.05, 4.69) is 31.0 Å². The molecule has 0 aliphatic heterocycles. The molecule has 1 N–H and O–H groups in total. The Labute approximate surface area is 201 Å². The summed E-state index contributed by atoms with van der Waals surface area (Å²) in [4.78, 5) is 23.9. The maximum absolute atomic E-state index is 12.4. The maximum Gasteiger partial charge on any atom is 0.310 e. The van der Waals surface area contributed by atoms with Crippen LogP contribution >= 0.6 is 0 Å². The molecular weight excluding hydrogens is 410 g/mol. The van der Waals surface area contributed by atoms with E-state index in [-0.39, 0.29) is 18.0 Å². The molecule has 4 heteroatoms. The van der Waals surface area contributed by atoms with Crippen molar-refractivity contribution in [3.63, 3.8) is 0 Å². The van der Waals surface area contributed by atoms with Gasteiger partial charge in [-0.3, -0.25) is 9.59 Å². The monoisotopic (exact) mass is 455 g/mol. The molecule has 0 saturated heterocycles. The first kappa shape index (κ1) is 28.7. The van der Waals surface area contributed by atoms with Gasteiger partial charge in [0.15, 0.2) is 0 Å². The zero-order valence-corrected chi connectivity index (χ0v) is 20.7. The van der Waals surface area contributed by atoms with E-state index in [0.717, 1.165) is 50.5 Å². The molecule has 4 nitrogen and oxygen atoms in total. The molecule has 1 aromatic carbocycles. The normalized spacial score (nSPS) is 11.9. The zero-order chi connectivity index (χ0) is 24.0. The van der Waals surface area contributed by atoms with Gasteiger partial charge < -0.3 is 10.1 Å². The third-order valence-corrected chi connectivity index (χ3v) is 5.65. The Morgan fingerprint density at radius 3 is 2.45 bits per heavy atom. The van der Waals surface area contributed by atoms with E-state index in [1.807, 2.05) is 30.3 Å². The van der Waals surface area contributed by atoms with Crippen LogP contribution in [-0.4, -0.2) is 24.5 Å². The van der Waals surface area contributed by atoms with Crippen LogP contribution in [-0.2, 0) is 20.7 Å². The van der Waals surface area contributed by atoms with Crippen molar-refractivity contribution in [3.05, 3.63) is 60.7 Å². The van der Waals surface area contributed by atoms with Crippen LogP contribution in [0.3, 0.4) is 0 Å². The third kappa shape index (κ3) is 16.9. The smallest absolute Gasteiger partial charge is 0.310 e. The molecule has 0 fully saturated rings. The van der Waals surface area contributed by atoms with Gasteiger partial charge in [-0.15, -0.1) is 6.58 Å². The molecule has 0 heterocycles. The minimum Gasteiger partial charge on any atom is -0.462 e. The maximum atomic E-state index is 12.4. The number of unbranched alkanes of at least 4 members (excludes halogenated alkanes) is 8. The molecule has 1 rings (SSSR count). The molecule has 1 amide bonds. The SMILES string of the molecule is C=CCNC(=O)CCCCCCC/C=C\C[C@@H](CCCCCC)OC(=O)Cc1ccccc1. The summed E-state index contributed by atoms with van der Waals surface area (Å²) in [6.07, 6.45) is 20.1. The summed E-state index contributed by atoms with van der Waals surface area (Å²) in [6.45, 7) is 6.36. The number of allylic oxidation sites excluding steroid dienone is 1. The molecule has 0 bridgehead atoms. The predicted octanol–water partition coefficient (Wildman–Crippen LogP) is 7.09. The number of hydrogen-bond donors (Lipinski definition) is 1. The molecule has 0 spiro atoms. The minimum atomic E-state index is -0.131. The molecule has 0 radical (unpaired) electrons. The number of nitrogens with one attached hydrogen (secondary N) is 1. The Hall–Kier alpha value is -2.36. The van der Waals surface area contributed by atoms with Crippen molar-refractivity contribution in [2.45, 2.75) is 103 Å². The first-order valence-electron chi connectivity index (χ1n) is 12.9. The van der Waals surface area contributed by atoms with Crippen molar-refractivity contribution in [2.24, 2.45) is 0 Å². The van der Waals surface area contributed by atoms with E-state index in [4.69, 9.17) is 4.74 Å². The van der Waals surface area contributed by atoms with Gasteiger partial charge in [-0.2, -0.15) is 0 Å². The van der Waals surface area contributed by atoms with E-state index in [0.29, 0.717) is 19.4 Å². The molecule has 1 atom stereocenters. The van der Waals surface area contributed by atoms with Crippen LogP contribution in [0.4, 0.5) is 0 Å². The van der Waals surface area contributed by atoms with Gasteiger partial charge in [0.05, 0.1) is 6.42 Å². The molecule has 0 saturated carbocycles. The highest BCUT2D eigenvalue weighted by molar-refractivity contribution is 5.75. The van der Waals surface area contributed by atoms with Gasteiger partial charge in [0.1, 0.15) is 6.10 Å². The number of hydrogen-bond acceptors (Lipinski definition) is 3. The summed E-state index contributed by atoms with van der Waals surface area (Å²) in [5.74, 6) is -0.0141. The summed E-state index contributed by atoms with van der Waals surface area (Å²) in [7, 11) is 0. The summed E-state index contributed by atoms with van der Waals surface area (Å²) >= 11 is 0. The van der Waals surface area contributed by atoms with E-state index in [1.165, 1.54) is 32.1 Å². The van der Waals surface area contributed by atoms with Gasteiger partial charge in [-0.05, 0) is 37.7 Å². The number of rotatable bonds is 20. The second-order valence-corrected chi connectivity index (χ2v) is 8.73. The average Bonchev–Trinajstić information content (AvgIpc) is 2.82. The highest BCUT2D eigenvalue weighted by atomic mass is 16.5. The van der Waals surface area contributed by atoms with Crippen LogP contribution in [0.15, 0.2) is 55.1 Å². The first-order chi connectivity index (χ1) is 16.2. The second-order valence-electron chi connectivity index (χ2n) is 8.73. The molecule has 0 aromatic heterocycles. The van der Waals surface area contributed by atoms with Crippen molar-refractivity contribution >= 4 is 11.9 Å². The standard InChI is InChI=1S/C29H45NO3/c1-3-5-6-16-21-27(33-29(32)25-26-19-14-13-15-20-26)22-17-11-9-7-8-10-12-18-23-28(31)30-24-4-2/h4,11,13-15,17,19-20,27H,2-3,5-10,12,16,18,21-25H2,1H3,(H,30,31)/b17-11-/t27-/m1/s1. The average molecular weight is 456 g/mol. The summed E-state index contributed by atoms with van der Waals surface area (Å²) in [5.41, 5.74) is 1.00. The van der Waals surface area contributed by atoms with E-state index >= 15 is 0 Å².